The van der Waals surface area contributed by atoms with E-state index in [9.17, 15) is 0 Å². The van der Waals surface area contributed by atoms with Crippen molar-refractivity contribution in [3.05, 3.63) is 33.8 Å². The molecular formula is C14H22N4S. The van der Waals surface area contributed by atoms with Gasteiger partial charge in [-0.3, -0.25) is 0 Å². The van der Waals surface area contributed by atoms with E-state index >= 15 is 0 Å². The first-order valence-electron chi connectivity index (χ1n) is 6.69. The molecule has 1 N–H and O–H groups in total. The second kappa shape index (κ2) is 6.30. The molecule has 5 heteroatoms. The molecule has 0 aliphatic heterocycles. The number of nitrogens with zero attached hydrogens (tertiary/aromatic N) is 3. The minimum absolute atomic E-state index is 0.665. The van der Waals surface area contributed by atoms with Crippen LogP contribution in [0.4, 0.5) is 0 Å². The Balaban J connectivity index is 2.05. The van der Waals surface area contributed by atoms with E-state index in [2.05, 4.69) is 39.1 Å². The van der Waals surface area contributed by atoms with Crippen LogP contribution in [0.1, 0.15) is 36.1 Å². The summed E-state index contributed by atoms with van der Waals surface area (Å²) < 4.78 is 2.24. The zero-order chi connectivity index (χ0) is 13.8. The van der Waals surface area contributed by atoms with E-state index in [-0.39, 0.29) is 0 Å². The molecule has 2 heterocycles. The molecule has 0 spiro atoms. The van der Waals surface area contributed by atoms with Crippen LogP contribution >= 0.6 is 11.3 Å². The van der Waals surface area contributed by atoms with Gasteiger partial charge in [-0.1, -0.05) is 13.8 Å². The molecule has 0 radical (unpaired) electrons. The minimum atomic E-state index is 0.665. The maximum absolute atomic E-state index is 4.53. The summed E-state index contributed by atoms with van der Waals surface area (Å²) in [7, 11) is 0. The summed E-state index contributed by atoms with van der Waals surface area (Å²) in [5, 5.41) is 6.71. The number of imidazole rings is 1. The van der Waals surface area contributed by atoms with Gasteiger partial charge in [-0.15, -0.1) is 11.3 Å². The van der Waals surface area contributed by atoms with Crippen molar-refractivity contribution >= 4 is 11.3 Å². The van der Waals surface area contributed by atoms with Gasteiger partial charge in [0.2, 0.25) is 0 Å². The molecule has 0 fully saturated rings. The van der Waals surface area contributed by atoms with E-state index in [4.69, 9.17) is 0 Å². The summed E-state index contributed by atoms with van der Waals surface area (Å²) in [6.45, 7) is 11.2. The lowest BCUT2D eigenvalue weighted by atomic mass is 10.2. The highest BCUT2D eigenvalue weighted by Crippen LogP contribution is 2.13. The molecule has 0 saturated heterocycles. The van der Waals surface area contributed by atoms with Crippen molar-refractivity contribution in [2.45, 2.75) is 40.8 Å². The van der Waals surface area contributed by atoms with E-state index in [0.29, 0.717) is 5.92 Å². The smallest absolute Gasteiger partial charge is 0.106 e. The van der Waals surface area contributed by atoms with Crippen molar-refractivity contribution in [2.75, 3.05) is 6.54 Å². The highest BCUT2D eigenvalue weighted by molar-refractivity contribution is 7.09. The molecule has 0 amide bonds. The standard InChI is InChI=1S/C14H22N4S/c1-10(2)5-15-6-14-7-16-11(3)18(14)8-13-9-19-12(4)17-13/h7,9-10,15H,5-6,8H2,1-4H3. The van der Waals surface area contributed by atoms with Crippen molar-refractivity contribution in [3.8, 4) is 0 Å². The van der Waals surface area contributed by atoms with Crippen LogP contribution in [0.15, 0.2) is 11.6 Å². The number of hydrogen-bond acceptors (Lipinski definition) is 4. The molecule has 0 bridgehead atoms. The first kappa shape index (κ1) is 14.2. The van der Waals surface area contributed by atoms with Crippen molar-refractivity contribution < 1.29 is 0 Å². The monoisotopic (exact) mass is 278 g/mol. The fourth-order valence-electron chi connectivity index (χ4n) is 2.00. The Hall–Kier alpha value is -1.20. The number of aryl methyl sites for hydroxylation is 2. The molecule has 2 aromatic rings. The van der Waals surface area contributed by atoms with Crippen molar-refractivity contribution in [1.82, 2.24) is 19.9 Å². The van der Waals surface area contributed by atoms with Gasteiger partial charge in [-0.25, -0.2) is 9.97 Å². The molecule has 2 aromatic heterocycles. The predicted octanol–water partition coefficient (Wildman–Crippen LogP) is 2.75. The van der Waals surface area contributed by atoms with Gasteiger partial charge in [-0.2, -0.15) is 0 Å². The second-order valence-corrected chi connectivity index (χ2v) is 6.33. The van der Waals surface area contributed by atoms with E-state index in [1.165, 1.54) is 5.69 Å². The van der Waals surface area contributed by atoms with Gasteiger partial charge in [0.25, 0.3) is 0 Å². The lowest BCUT2D eigenvalue weighted by molar-refractivity contribution is 0.537. The van der Waals surface area contributed by atoms with E-state index in [0.717, 1.165) is 36.2 Å². The maximum Gasteiger partial charge on any atom is 0.106 e. The summed E-state index contributed by atoms with van der Waals surface area (Å²) in [6, 6.07) is 0. The molecule has 0 aromatic carbocycles. The van der Waals surface area contributed by atoms with Crippen molar-refractivity contribution in [2.24, 2.45) is 5.92 Å². The molecule has 104 valence electrons. The van der Waals surface area contributed by atoms with Gasteiger partial charge in [0.15, 0.2) is 0 Å². The summed E-state index contributed by atoms with van der Waals surface area (Å²) in [4.78, 5) is 8.94. The molecule has 4 nitrogen and oxygen atoms in total. The van der Waals surface area contributed by atoms with Gasteiger partial charge in [-0.05, 0) is 26.3 Å². The third kappa shape index (κ3) is 3.88. The Morgan fingerprint density at radius 3 is 2.79 bits per heavy atom. The first-order chi connectivity index (χ1) is 9.06. The number of nitrogens with one attached hydrogen (secondary N) is 1. The van der Waals surface area contributed by atoms with Gasteiger partial charge < -0.3 is 9.88 Å². The van der Waals surface area contributed by atoms with Crippen LogP contribution in [0, 0.1) is 19.8 Å². The average Bonchev–Trinajstić information content (AvgIpc) is 2.89. The lowest BCUT2D eigenvalue weighted by Gasteiger charge is -2.11. The third-order valence-electron chi connectivity index (χ3n) is 2.98. The lowest BCUT2D eigenvalue weighted by Crippen LogP contribution is -2.21. The number of hydrogen-bond donors (Lipinski definition) is 1. The molecular weight excluding hydrogens is 256 g/mol. The quantitative estimate of drug-likeness (QED) is 0.883. The van der Waals surface area contributed by atoms with Gasteiger partial charge >= 0.3 is 0 Å². The second-order valence-electron chi connectivity index (χ2n) is 5.27. The Labute approximate surface area is 118 Å². The van der Waals surface area contributed by atoms with Crippen LogP contribution in [0.2, 0.25) is 0 Å². The maximum atomic E-state index is 4.53. The Kier molecular flexibility index (Phi) is 4.71. The van der Waals surface area contributed by atoms with Crippen molar-refractivity contribution in [1.29, 1.82) is 0 Å². The molecule has 19 heavy (non-hydrogen) atoms. The Morgan fingerprint density at radius 1 is 1.37 bits per heavy atom. The summed E-state index contributed by atoms with van der Waals surface area (Å²) in [5.41, 5.74) is 2.34. The van der Waals surface area contributed by atoms with E-state index in [1.807, 2.05) is 20.0 Å². The molecule has 0 aliphatic carbocycles. The van der Waals surface area contributed by atoms with Crippen LogP contribution < -0.4 is 5.32 Å². The molecule has 0 saturated carbocycles. The minimum Gasteiger partial charge on any atom is -0.325 e. The molecule has 2 rings (SSSR count). The summed E-state index contributed by atoms with van der Waals surface area (Å²) >= 11 is 1.70. The van der Waals surface area contributed by atoms with Crippen LogP contribution in [0.5, 0.6) is 0 Å². The summed E-state index contributed by atoms with van der Waals surface area (Å²) in [5.74, 6) is 1.71. The zero-order valence-electron chi connectivity index (χ0n) is 12.1. The predicted molar refractivity (Wildman–Crippen MR) is 79.5 cm³/mol. The molecule has 0 aliphatic rings. The molecule has 0 unspecified atom stereocenters. The van der Waals surface area contributed by atoms with Gasteiger partial charge in [0.1, 0.15) is 5.82 Å². The van der Waals surface area contributed by atoms with Crippen LogP contribution in [-0.4, -0.2) is 21.1 Å². The highest BCUT2D eigenvalue weighted by atomic mass is 32.1. The fourth-order valence-corrected chi connectivity index (χ4v) is 2.61. The SMILES string of the molecule is Cc1nc(Cn2c(CNCC(C)C)cnc2C)cs1. The first-order valence-corrected chi connectivity index (χ1v) is 7.57. The van der Waals surface area contributed by atoms with Crippen molar-refractivity contribution in [3.63, 3.8) is 0 Å². The number of rotatable bonds is 6. The average molecular weight is 278 g/mol. The normalized spacial score (nSPS) is 11.4. The number of aromatic nitrogens is 3. The van der Waals surface area contributed by atoms with Crippen LogP contribution in [-0.2, 0) is 13.1 Å². The Morgan fingerprint density at radius 2 is 2.16 bits per heavy atom. The number of thiazole rings is 1. The van der Waals surface area contributed by atoms with E-state index < -0.39 is 0 Å². The zero-order valence-corrected chi connectivity index (χ0v) is 12.9. The third-order valence-corrected chi connectivity index (χ3v) is 3.81. The van der Waals surface area contributed by atoms with Crippen LogP contribution in [0.25, 0.3) is 0 Å². The topological polar surface area (TPSA) is 42.7 Å². The van der Waals surface area contributed by atoms with E-state index in [1.54, 1.807) is 11.3 Å². The van der Waals surface area contributed by atoms with Crippen LogP contribution in [0.3, 0.4) is 0 Å². The highest BCUT2D eigenvalue weighted by Gasteiger charge is 2.08. The largest absolute Gasteiger partial charge is 0.325 e. The van der Waals surface area contributed by atoms with Gasteiger partial charge in [0, 0.05) is 18.1 Å². The molecule has 0 atom stereocenters. The van der Waals surface area contributed by atoms with Gasteiger partial charge in [0.05, 0.1) is 22.9 Å². The Bertz CT molecular complexity index is 527. The summed E-state index contributed by atoms with van der Waals surface area (Å²) in [6.07, 6.45) is 1.96. The fraction of sp³-hybridized carbons (Fsp3) is 0.571.